The first kappa shape index (κ1) is 14.1. The number of anilines is 1. The van der Waals surface area contributed by atoms with E-state index >= 15 is 0 Å². The molecule has 6 heteroatoms. The van der Waals surface area contributed by atoms with E-state index in [4.69, 9.17) is 0 Å². The average molecular weight is 305 g/mol. The van der Waals surface area contributed by atoms with Crippen LogP contribution in [0.1, 0.15) is 24.6 Å². The van der Waals surface area contributed by atoms with Gasteiger partial charge in [-0.3, -0.25) is 8.99 Å². The quantitative estimate of drug-likeness (QED) is 0.874. The van der Waals surface area contributed by atoms with E-state index in [2.05, 4.69) is 5.10 Å². The Morgan fingerprint density at radius 2 is 2.05 bits per heavy atom. The molecule has 21 heavy (non-hydrogen) atoms. The Balaban J connectivity index is 2.09. The topological polar surface area (TPSA) is 55.2 Å². The Labute approximate surface area is 125 Å². The van der Waals surface area contributed by atoms with Gasteiger partial charge in [0.25, 0.3) is 10.0 Å². The third-order valence-electron chi connectivity index (χ3n) is 3.99. The van der Waals surface area contributed by atoms with Crippen molar-refractivity contribution >= 4 is 15.7 Å². The predicted molar refractivity (Wildman–Crippen MR) is 81.9 cm³/mol. The normalized spacial score (nSPS) is 15.0. The van der Waals surface area contributed by atoms with Crippen LogP contribution in [0.4, 0.5) is 5.69 Å². The van der Waals surface area contributed by atoms with Crippen molar-refractivity contribution in [3.05, 3.63) is 41.7 Å². The molecule has 3 rings (SSSR count). The standard InChI is InChI=1S/C15H19N3O2S/c1-3-17-12(2)15(11-16-17)21(19,20)18-10-6-8-13-7-4-5-9-14(13)18/h4-5,7,9,11H,3,6,8,10H2,1-2H3. The van der Waals surface area contributed by atoms with Crippen LogP contribution in [-0.2, 0) is 23.0 Å². The van der Waals surface area contributed by atoms with Gasteiger partial charge in [-0.05, 0) is 38.3 Å². The van der Waals surface area contributed by atoms with Gasteiger partial charge in [0.05, 0.1) is 17.6 Å². The molecule has 1 aromatic carbocycles. The Morgan fingerprint density at radius 3 is 2.76 bits per heavy atom. The van der Waals surface area contributed by atoms with Gasteiger partial charge in [-0.25, -0.2) is 8.42 Å². The molecule has 0 N–H and O–H groups in total. The zero-order valence-electron chi connectivity index (χ0n) is 12.3. The van der Waals surface area contributed by atoms with E-state index in [0.717, 1.165) is 24.1 Å². The molecule has 0 saturated heterocycles. The van der Waals surface area contributed by atoms with Gasteiger partial charge < -0.3 is 0 Å². The summed E-state index contributed by atoms with van der Waals surface area (Å²) < 4.78 is 29.2. The molecule has 0 bridgehead atoms. The molecular formula is C15H19N3O2S. The molecule has 112 valence electrons. The molecule has 0 unspecified atom stereocenters. The van der Waals surface area contributed by atoms with E-state index in [0.29, 0.717) is 23.7 Å². The SMILES string of the molecule is CCn1ncc(S(=O)(=O)N2CCCc3ccccc32)c1C. The summed E-state index contributed by atoms with van der Waals surface area (Å²) in [6.07, 6.45) is 3.23. The van der Waals surface area contributed by atoms with Crippen molar-refractivity contribution in [1.29, 1.82) is 0 Å². The molecule has 1 aliphatic heterocycles. The highest BCUT2D eigenvalue weighted by molar-refractivity contribution is 7.92. The number of benzene rings is 1. The maximum absolute atomic E-state index is 13.0. The van der Waals surface area contributed by atoms with Crippen LogP contribution in [0.5, 0.6) is 0 Å². The summed E-state index contributed by atoms with van der Waals surface area (Å²) in [5.74, 6) is 0. The number of rotatable bonds is 3. The molecule has 2 aromatic rings. The second-order valence-corrected chi connectivity index (χ2v) is 7.05. The molecule has 0 aliphatic carbocycles. The number of fused-ring (bicyclic) bond motifs is 1. The third kappa shape index (κ3) is 2.23. The second-order valence-electron chi connectivity index (χ2n) is 5.22. The monoisotopic (exact) mass is 305 g/mol. The highest BCUT2D eigenvalue weighted by Crippen LogP contribution is 2.32. The minimum atomic E-state index is -3.55. The molecule has 5 nitrogen and oxygen atoms in total. The van der Waals surface area contributed by atoms with Crippen LogP contribution in [0, 0.1) is 6.92 Å². The smallest absolute Gasteiger partial charge is 0.267 e. The van der Waals surface area contributed by atoms with E-state index in [1.165, 1.54) is 10.5 Å². The predicted octanol–water partition coefficient (Wildman–Crippen LogP) is 2.35. The molecule has 0 spiro atoms. The van der Waals surface area contributed by atoms with Crippen LogP contribution in [0.25, 0.3) is 0 Å². The number of hydrogen-bond donors (Lipinski definition) is 0. The highest BCUT2D eigenvalue weighted by atomic mass is 32.2. The number of hydrogen-bond acceptors (Lipinski definition) is 3. The van der Waals surface area contributed by atoms with Crippen LogP contribution < -0.4 is 4.31 Å². The van der Waals surface area contributed by atoms with Gasteiger partial charge in [0.15, 0.2) is 0 Å². The molecule has 0 saturated carbocycles. The lowest BCUT2D eigenvalue weighted by molar-refractivity contribution is 0.584. The minimum absolute atomic E-state index is 0.307. The first-order valence-corrected chi connectivity index (χ1v) is 8.62. The van der Waals surface area contributed by atoms with Crippen LogP contribution in [-0.4, -0.2) is 24.7 Å². The zero-order valence-corrected chi connectivity index (χ0v) is 13.1. The minimum Gasteiger partial charge on any atom is -0.269 e. The molecule has 1 aromatic heterocycles. The number of para-hydroxylation sites is 1. The molecule has 1 aliphatic rings. The van der Waals surface area contributed by atoms with Gasteiger partial charge in [-0.15, -0.1) is 0 Å². The largest absolute Gasteiger partial charge is 0.269 e. The summed E-state index contributed by atoms with van der Waals surface area (Å²) in [7, 11) is -3.55. The van der Waals surface area contributed by atoms with Gasteiger partial charge in [0.2, 0.25) is 0 Å². The molecular weight excluding hydrogens is 286 g/mol. The van der Waals surface area contributed by atoms with Crippen molar-refractivity contribution in [2.24, 2.45) is 0 Å². The van der Waals surface area contributed by atoms with E-state index in [1.807, 2.05) is 31.2 Å². The summed E-state index contributed by atoms with van der Waals surface area (Å²) in [5.41, 5.74) is 2.58. The first-order valence-electron chi connectivity index (χ1n) is 7.18. The summed E-state index contributed by atoms with van der Waals surface area (Å²) in [6.45, 7) is 4.94. The van der Waals surface area contributed by atoms with E-state index in [-0.39, 0.29) is 0 Å². The average Bonchev–Trinajstić information content (AvgIpc) is 2.88. The number of sulfonamides is 1. The zero-order chi connectivity index (χ0) is 15.0. The fraction of sp³-hybridized carbons (Fsp3) is 0.400. The Kier molecular flexibility index (Phi) is 3.49. The third-order valence-corrected chi connectivity index (χ3v) is 5.91. The maximum atomic E-state index is 13.0. The van der Waals surface area contributed by atoms with Crippen molar-refractivity contribution in [1.82, 2.24) is 9.78 Å². The van der Waals surface area contributed by atoms with Crippen molar-refractivity contribution in [2.75, 3.05) is 10.8 Å². The van der Waals surface area contributed by atoms with Crippen molar-refractivity contribution in [2.45, 2.75) is 38.1 Å². The molecule has 0 amide bonds. The van der Waals surface area contributed by atoms with Crippen molar-refractivity contribution < 1.29 is 8.42 Å². The summed E-state index contributed by atoms with van der Waals surface area (Å²) >= 11 is 0. The van der Waals surface area contributed by atoms with Crippen molar-refractivity contribution in [3.8, 4) is 0 Å². The van der Waals surface area contributed by atoms with Crippen LogP contribution in [0.15, 0.2) is 35.4 Å². The van der Waals surface area contributed by atoms with Crippen LogP contribution >= 0.6 is 0 Å². The van der Waals surface area contributed by atoms with E-state index in [1.54, 1.807) is 11.6 Å². The van der Waals surface area contributed by atoms with Gasteiger partial charge in [0.1, 0.15) is 4.90 Å². The Hall–Kier alpha value is -1.82. The van der Waals surface area contributed by atoms with Crippen LogP contribution in [0.2, 0.25) is 0 Å². The van der Waals surface area contributed by atoms with Gasteiger partial charge in [-0.2, -0.15) is 5.10 Å². The van der Waals surface area contributed by atoms with Gasteiger partial charge in [0, 0.05) is 13.1 Å². The summed E-state index contributed by atoms with van der Waals surface area (Å²) in [4.78, 5) is 0.307. The second kappa shape index (κ2) is 5.18. The molecule has 2 heterocycles. The highest BCUT2D eigenvalue weighted by Gasteiger charge is 2.31. The number of nitrogens with zero attached hydrogens (tertiary/aromatic N) is 3. The molecule has 0 atom stereocenters. The fourth-order valence-corrected chi connectivity index (χ4v) is 4.57. The van der Waals surface area contributed by atoms with E-state index < -0.39 is 10.0 Å². The summed E-state index contributed by atoms with van der Waals surface area (Å²) in [5, 5.41) is 4.16. The number of aromatic nitrogens is 2. The first-order chi connectivity index (χ1) is 10.1. The van der Waals surface area contributed by atoms with Crippen molar-refractivity contribution in [3.63, 3.8) is 0 Å². The Morgan fingerprint density at radius 1 is 1.29 bits per heavy atom. The van der Waals surface area contributed by atoms with E-state index in [9.17, 15) is 8.42 Å². The Bertz CT molecular complexity index is 765. The van der Waals surface area contributed by atoms with Gasteiger partial charge in [-0.1, -0.05) is 18.2 Å². The van der Waals surface area contributed by atoms with Crippen LogP contribution in [0.3, 0.4) is 0 Å². The fourth-order valence-electron chi connectivity index (χ4n) is 2.87. The lowest BCUT2D eigenvalue weighted by atomic mass is 10.0. The molecule has 0 radical (unpaired) electrons. The lowest BCUT2D eigenvalue weighted by Crippen LogP contribution is -2.35. The summed E-state index contributed by atoms with van der Waals surface area (Å²) in [6, 6.07) is 7.72. The molecule has 0 fully saturated rings. The number of aryl methyl sites for hydroxylation is 2. The van der Waals surface area contributed by atoms with Gasteiger partial charge >= 0.3 is 0 Å². The maximum Gasteiger partial charge on any atom is 0.267 e. The lowest BCUT2D eigenvalue weighted by Gasteiger charge is -2.30.